The molecule has 1 aromatic rings. The molecule has 92 valence electrons. The fourth-order valence-corrected chi connectivity index (χ4v) is 1.74. The summed E-state index contributed by atoms with van der Waals surface area (Å²) < 4.78 is 0. The molecule has 1 fully saturated rings. The highest BCUT2D eigenvalue weighted by molar-refractivity contribution is 5.56. The highest BCUT2D eigenvalue weighted by atomic mass is 16.6. The molecule has 0 aliphatic heterocycles. The van der Waals surface area contributed by atoms with Gasteiger partial charge in [-0.2, -0.15) is 4.98 Å². The molecule has 0 amide bonds. The molecule has 7 nitrogen and oxygen atoms in total. The Morgan fingerprint density at radius 1 is 1.71 bits per heavy atom. The first-order chi connectivity index (χ1) is 8.08. The molecule has 0 aromatic carbocycles. The molecule has 0 saturated heterocycles. The number of nitrogens with one attached hydrogen (secondary N) is 1. The van der Waals surface area contributed by atoms with E-state index in [4.69, 9.17) is 5.73 Å². The monoisotopic (exact) mass is 237 g/mol. The molecular formula is C10H15N5O2. The number of aromatic nitrogens is 2. The lowest BCUT2D eigenvalue weighted by Crippen LogP contribution is -2.15. The second kappa shape index (κ2) is 4.52. The van der Waals surface area contributed by atoms with Crippen LogP contribution in [0.1, 0.15) is 19.8 Å². The minimum absolute atomic E-state index is 0.0391. The summed E-state index contributed by atoms with van der Waals surface area (Å²) in [6.45, 7) is 2.79. The van der Waals surface area contributed by atoms with Crippen molar-refractivity contribution in [2.45, 2.75) is 19.8 Å². The highest BCUT2D eigenvalue weighted by Crippen LogP contribution is 2.36. The lowest BCUT2D eigenvalue weighted by molar-refractivity contribution is -0.384. The van der Waals surface area contributed by atoms with Crippen LogP contribution in [0.5, 0.6) is 0 Å². The van der Waals surface area contributed by atoms with E-state index in [1.807, 2.05) is 0 Å². The van der Waals surface area contributed by atoms with Crippen molar-refractivity contribution >= 4 is 17.5 Å². The number of hydrogen-bond acceptors (Lipinski definition) is 6. The average molecular weight is 237 g/mol. The molecule has 7 heteroatoms. The number of nitro groups is 1. The van der Waals surface area contributed by atoms with Gasteiger partial charge in [0.1, 0.15) is 6.20 Å². The maximum atomic E-state index is 10.8. The Kier molecular flexibility index (Phi) is 3.08. The molecular weight excluding hydrogens is 222 g/mol. The first-order valence-electron chi connectivity index (χ1n) is 5.58. The SMILES string of the molecule is CC(CNc1nc(N)ncc1[N+](=O)[O-])C1CC1. The van der Waals surface area contributed by atoms with Crippen LogP contribution in [0, 0.1) is 22.0 Å². The third-order valence-electron chi connectivity index (χ3n) is 3.00. The minimum atomic E-state index is -0.510. The van der Waals surface area contributed by atoms with E-state index in [9.17, 15) is 10.1 Å². The van der Waals surface area contributed by atoms with Crippen molar-refractivity contribution in [3.05, 3.63) is 16.3 Å². The predicted molar refractivity (Wildman–Crippen MR) is 63.5 cm³/mol. The first kappa shape index (κ1) is 11.6. The molecule has 1 atom stereocenters. The van der Waals surface area contributed by atoms with Gasteiger partial charge in [-0.05, 0) is 24.7 Å². The van der Waals surface area contributed by atoms with Gasteiger partial charge >= 0.3 is 5.69 Å². The van der Waals surface area contributed by atoms with Crippen LogP contribution in [-0.2, 0) is 0 Å². The summed E-state index contributed by atoms with van der Waals surface area (Å²) in [5.41, 5.74) is 5.28. The summed E-state index contributed by atoms with van der Waals surface area (Å²) in [4.78, 5) is 17.7. The van der Waals surface area contributed by atoms with Gasteiger partial charge in [0.25, 0.3) is 0 Å². The Bertz CT molecular complexity index is 433. The van der Waals surface area contributed by atoms with E-state index in [2.05, 4.69) is 22.2 Å². The van der Waals surface area contributed by atoms with Gasteiger partial charge in [0.2, 0.25) is 11.8 Å². The third kappa shape index (κ3) is 2.80. The fraction of sp³-hybridized carbons (Fsp3) is 0.600. The number of nitrogens with zero attached hydrogens (tertiary/aromatic N) is 3. The van der Waals surface area contributed by atoms with Gasteiger partial charge in [-0.25, -0.2) is 4.98 Å². The zero-order valence-electron chi connectivity index (χ0n) is 9.59. The standard InChI is InChI=1S/C10H15N5O2/c1-6(7-2-3-7)4-12-9-8(15(16)17)5-13-10(11)14-9/h5-7H,2-4H2,1H3,(H3,11,12,13,14). The maximum absolute atomic E-state index is 10.8. The smallest absolute Gasteiger partial charge is 0.329 e. The normalized spacial score (nSPS) is 16.5. The molecule has 1 heterocycles. The van der Waals surface area contributed by atoms with Crippen LogP contribution < -0.4 is 11.1 Å². The summed E-state index contributed by atoms with van der Waals surface area (Å²) in [6.07, 6.45) is 3.63. The molecule has 3 N–H and O–H groups in total. The molecule has 0 bridgehead atoms. The molecule has 0 radical (unpaired) electrons. The van der Waals surface area contributed by atoms with Crippen molar-refractivity contribution in [3.63, 3.8) is 0 Å². The van der Waals surface area contributed by atoms with E-state index in [1.165, 1.54) is 12.8 Å². The van der Waals surface area contributed by atoms with Crippen molar-refractivity contribution in [1.29, 1.82) is 0 Å². The summed E-state index contributed by atoms with van der Waals surface area (Å²) in [7, 11) is 0. The van der Waals surface area contributed by atoms with Crippen LogP contribution in [0.2, 0.25) is 0 Å². The second-order valence-electron chi connectivity index (χ2n) is 4.41. The largest absolute Gasteiger partial charge is 0.368 e. The van der Waals surface area contributed by atoms with Crippen LogP contribution in [0.15, 0.2) is 6.20 Å². The molecule has 1 aliphatic carbocycles. The van der Waals surface area contributed by atoms with E-state index < -0.39 is 4.92 Å². The van der Waals surface area contributed by atoms with E-state index in [-0.39, 0.29) is 17.5 Å². The van der Waals surface area contributed by atoms with Crippen LogP contribution >= 0.6 is 0 Å². The lowest BCUT2D eigenvalue weighted by atomic mass is 10.1. The Balaban J connectivity index is 2.07. The lowest BCUT2D eigenvalue weighted by Gasteiger charge is -2.11. The Morgan fingerprint density at radius 2 is 2.41 bits per heavy atom. The van der Waals surface area contributed by atoms with Gasteiger partial charge in [0.15, 0.2) is 0 Å². The highest BCUT2D eigenvalue weighted by Gasteiger charge is 2.28. The van der Waals surface area contributed by atoms with Crippen LogP contribution in [-0.4, -0.2) is 21.4 Å². The van der Waals surface area contributed by atoms with Gasteiger partial charge in [0, 0.05) is 6.54 Å². The van der Waals surface area contributed by atoms with E-state index in [0.717, 1.165) is 12.1 Å². The van der Waals surface area contributed by atoms with Crippen molar-refractivity contribution in [2.75, 3.05) is 17.6 Å². The van der Waals surface area contributed by atoms with Gasteiger partial charge in [-0.3, -0.25) is 10.1 Å². The fourth-order valence-electron chi connectivity index (χ4n) is 1.74. The number of anilines is 2. The molecule has 1 aromatic heterocycles. The van der Waals surface area contributed by atoms with E-state index in [1.54, 1.807) is 0 Å². The summed E-state index contributed by atoms with van der Waals surface area (Å²) >= 11 is 0. The number of nitrogen functional groups attached to an aromatic ring is 1. The Morgan fingerprint density at radius 3 is 3.00 bits per heavy atom. The molecule has 1 saturated carbocycles. The number of hydrogen-bond donors (Lipinski definition) is 2. The molecule has 1 aliphatic rings. The van der Waals surface area contributed by atoms with Gasteiger partial charge in [-0.1, -0.05) is 6.92 Å². The Hall–Kier alpha value is -1.92. The quantitative estimate of drug-likeness (QED) is 0.592. The predicted octanol–water partition coefficient (Wildman–Crippen LogP) is 1.42. The molecule has 0 spiro atoms. The third-order valence-corrected chi connectivity index (χ3v) is 3.00. The zero-order valence-corrected chi connectivity index (χ0v) is 9.59. The topological polar surface area (TPSA) is 107 Å². The Labute approximate surface area is 98.6 Å². The van der Waals surface area contributed by atoms with Crippen molar-refractivity contribution in [2.24, 2.45) is 11.8 Å². The van der Waals surface area contributed by atoms with Crippen molar-refractivity contribution in [3.8, 4) is 0 Å². The zero-order chi connectivity index (χ0) is 12.4. The summed E-state index contributed by atoms with van der Waals surface area (Å²) in [5.74, 6) is 1.47. The molecule has 2 rings (SSSR count). The summed E-state index contributed by atoms with van der Waals surface area (Å²) in [6, 6.07) is 0. The molecule has 17 heavy (non-hydrogen) atoms. The summed E-state index contributed by atoms with van der Waals surface area (Å²) in [5, 5.41) is 13.8. The van der Waals surface area contributed by atoms with Crippen LogP contribution in [0.3, 0.4) is 0 Å². The van der Waals surface area contributed by atoms with Gasteiger partial charge < -0.3 is 11.1 Å². The van der Waals surface area contributed by atoms with Crippen molar-refractivity contribution in [1.82, 2.24) is 9.97 Å². The minimum Gasteiger partial charge on any atom is -0.368 e. The van der Waals surface area contributed by atoms with Crippen LogP contribution in [0.25, 0.3) is 0 Å². The number of nitrogens with two attached hydrogens (primary N) is 1. The van der Waals surface area contributed by atoms with Gasteiger partial charge in [-0.15, -0.1) is 0 Å². The van der Waals surface area contributed by atoms with Crippen molar-refractivity contribution < 1.29 is 4.92 Å². The first-order valence-corrected chi connectivity index (χ1v) is 5.58. The van der Waals surface area contributed by atoms with E-state index in [0.29, 0.717) is 12.5 Å². The van der Waals surface area contributed by atoms with E-state index >= 15 is 0 Å². The second-order valence-corrected chi connectivity index (χ2v) is 4.41. The van der Waals surface area contributed by atoms with Crippen LogP contribution in [0.4, 0.5) is 17.5 Å². The van der Waals surface area contributed by atoms with Gasteiger partial charge in [0.05, 0.1) is 4.92 Å². The average Bonchev–Trinajstić information content (AvgIpc) is 3.09. The maximum Gasteiger partial charge on any atom is 0.329 e. The molecule has 1 unspecified atom stereocenters. The number of rotatable bonds is 5.